The number of thiophene rings is 1. The minimum Gasteiger partial charge on any atom is -0.436 e. The second-order valence-corrected chi connectivity index (χ2v) is 13.3. The quantitative estimate of drug-likeness (QED) is 0.184. The molecule has 50 heavy (non-hydrogen) atoms. The lowest BCUT2D eigenvalue weighted by molar-refractivity contribution is 0.620. The Labute approximate surface area is 291 Å². The zero-order chi connectivity index (χ0) is 33.0. The lowest BCUT2D eigenvalue weighted by Crippen LogP contribution is -2.01. The fourth-order valence-corrected chi connectivity index (χ4v) is 7.87. The van der Waals surface area contributed by atoms with E-state index in [1.54, 1.807) is 11.3 Å². The van der Waals surface area contributed by atoms with Gasteiger partial charge in [-0.2, -0.15) is 0 Å². The topological polar surface area (TPSA) is 64.7 Å². The number of nitrogens with zero attached hydrogens (tertiary/aromatic N) is 4. The van der Waals surface area contributed by atoms with Crippen LogP contribution < -0.4 is 0 Å². The third-order valence-corrected chi connectivity index (χ3v) is 10.3. The van der Waals surface area contributed by atoms with Gasteiger partial charge in [-0.25, -0.2) is 19.9 Å². The molecule has 7 aromatic carbocycles. The van der Waals surface area contributed by atoms with Gasteiger partial charge in [0.05, 0.1) is 0 Å². The van der Waals surface area contributed by atoms with E-state index < -0.39 is 0 Å². The molecule has 0 saturated heterocycles. The number of hydrogen-bond acceptors (Lipinski definition) is 6. The van der Waals surface area contributed by atoms with Gasteiger partial charge in [-0.15, -0.1) is 11.3 Å². The Morgan fingerprint density at radius 1 is 0.420 bits per heavy atom. The summed E-state index contributed by atoms with van der Waals surface area (Å²) in [5.74, 6) is 2.54. The van der Waals surface area contributed by atoms with Crippen molar-refractivity contribution in [3.8, 4) is 56.7 Å². The van der Waals surface area contributed by atoms with E-state index in [0.717, 1.165) is 60.6 Å². The highest BCUT2D eigenvalue weighted by Crippen LogP contribution is 2.42. The molecule has 3 heterocycles. The third kappa shape index (κ3) is 4.85. The summed E-state index contributed by atoms with van der Waals surface area (Å²) in [5, 5.41) is 4.61. The average Bonchev–Trinajstić information content (AvgIpc) is 3.80. The monoisotopic (exact) mass is 658 g/mol. The predicted molar refractivity (Wildman–Crippen MR) is 205 cm³/mol. The molecule has 0 atom stereocenters. The van der Waals surface area contributed by atoms with Gasteiger partial charge in [-0.05, 0) is 58.3 Å². The molecular formula is C44H26N4OS. The molecule has 3 aromatic heterocycles. The molecule has 0 aliphatic heterocycles. The van der Waals surface area contributed by atoms with Crippen LogP contribution in [0.15, 0.2) is 162 Å². The summed E-state index contributed by atoms with van der Waals surface area (Å²) < 4.78 is 8.58. The van der Waals surface area contributed by atoms with Crippen LogP contribution in [0.1, 0.15) is 0 Å². The number of fused-ring (bicyclic) bond motifs is 6. The van der Waals surface area contributed by atoms with Gasteiger partial charge in [0.1, 0.15) is 5.52 Å². The largest absolute Gasteiger partial charge is 0.436 e. The van der Waals surface area contributed by atoms with Gasteiger partial charge in [-0.3, -0.25) is 0 Å². The molecule has 0 spiro atoms. The lowest BCUT2D eigenvalue weighted by atomic mass is 9.98. The third-order valence-electron chi connectivity index (χ3n) is 9.17. The highest BCUT2D eigenvalue weighted by Gasteiger charge is 2.19. The first kappa shape index (κ1) is 28.5. The van der Waals surface area contributed by atoms with Crippen molar-refractivity contribution in [3.63, 3.8) is 0 Å². The Morgan fingerprint density at radius 3 is 1.90 bits per heavy atom. The molecule has 0 aliphatic carbocycles. The minimum absolute atomic E-state index is 0.631. The molecule has 0 saturated carbocycles. The zero-order valence-corrected chi connectivity index (χ0v) is 27.4. The molecule has 0 unspecified atom stereocenters. The first-order chi connectivity index (χ1) is 24.7. The number of hydrogen-bond donors (Lipinski definition) is 0. The van der Waals surface area contributed by atoms with Crippen LogP contribution in [0.5, 0.6) is 0 Å². The van der Waals surface area contributed by atoms with Crippen molar-refractivity contribution < 1.29 is 4.42 Å². The van der Waals surface area contributed by atoms with Gasteiger partial charge in [0.15, 0.2) is 23.1 Å². The molecule has 0 amide bonds. The summed E-state index contributed by atoms with van der Waals surface area (Å²) in [6.07, 6.45) is 0. The molecule has 0 bridgehead atoms. The van der Waals surface area contributed by atoms with E-state index in [-0.39, 0.29) is 0 Å². The summed E-state index contributed by atoms with van der Waals surface area (Å²) >= 11 is 1.77. The number of oxazole rings is 1. The van der Waals surface area contributed by atoms with Crippen molar-refractivity contribution in [3.05, 3.63) is 158 Å². The number of rotatable bonds is 5. The van der Waals surface area contributed by atoms with E-state index in [0.29, 0.717) is 23.4 Å². The molecule has 0 N–H and O–H groups in total. The van der Waals surface area contributed by atoms with Crippen LogP contribution in [-0.2, 0) is 0 Å². The van der Waals surface area contributed by atoms with E-state index in [1.807, 2.05) is 72.8 Å². The summed E-state index contributed by atoms with van der Waals surface area (Å²) in [5.41, 5.74) is 7.63. The normalized spacial score (nSPS) is 11.6. The van der Waals surface area contributed by atoms with Crippen LogP contribution in [0.4, 0.5) is 0 Å². The van der Waals surface area contributed by atoms with E-state index in [1.165, 1.54) is 14.8 Å². The van der Waals surface area contributed by atoms with Gasteiger partial charge in [-0.1, -0.05) is 121 Å². The molecule has 6 heteroatoms. The van der Waals surface area contributed by atoms with Crippen LogP contribution in [0.3, 0.4) is 0 Å². The smallest absolute Gasteiger partial charge is 0.227 e. The summed E-state index contributed by atoms with van der Waals surface area (Å²) in [7, 11) is 0. The van der Waals surface area contributed by atoms with Crippen molar-refractivity contribution in [2.24, 2.45) is 0 Å². The molecule has 0 aliphatic rings. The standard InChI is InChI=1S/C44H26N4OS/c1-3-12-28(13-4-1)41-46-42(32-20-19-27-11-7-8-16-30(27)25-32)48-43(47-41)34-18-10-9-17-33(34)31-21-22-35-38(26-31)50-37-24-23-36-40(39(35)37)45-44(49-36)29-14-5-2-6-15-29/h1-26H. The molecule has 10 rings (SSSR count). The predicted octanol–water partition coefficient (Wildman–Crippen LogP) is 11.9. The Hall–Kier alpha value is -6.50. The Kier molecular flexibility index (Phi) is 6.60. The second-order valence-electron chi connectivity index (χ2n) is 12.3. The van der Waals surface area contributed by atoms with E-state index in [2.05, 4.69) is 84.9 Å². The van der Waals surface area contributed by atoms with Gasteiger partial charge < -0.3 is 4.42 Å². The molecule has 0 radical (unpaired) electrons. The van der Waals surface area contributed by atoms with Crippen molar-refractivity contribution in [2.75, 3.05) is 0 Å². The summed E-state index contributed by atoms with van der Waals surface area (Å²) in [6, 6.07) is 54.1. The van der Waals surface area contributed by atoms with Gasteiger partial charge in [0.2, 0.25) is 5.89 Å². The van der Waals surface area contributed by atoms with Crippen molar-refractivity contribution in [1.82, 2.24) is 19.9 Å². The van der Waals surface area contributed by atoms with Crippen molar-refractivity contribution >= 4 is 53.4 Å². The lowest BCUT2D eigenvalue weighted by Gasteiger charge is -2.12. The molecule has 234 valence electrons. The Balaban J connectivity index is 1.12. The maximum Gasteiger partial charge on any atom is 0.227 e. The highest BCUT2D eigenvalue weighted by molar-refractivity contribution is 7.26. The van der Waals surface area contributed by atoms with Gasteiger partial charge in [0.25, 0.3) is 0 Å². The van der Waals surface area contributed by atoms with Crippen LogP contribution in [-0.4, -0.2) is 19.9 Å². The minimum atomic E-state index is 0.631. The van der Waals surface area contributed by atoms with Gasteiger partial charge in [0, 0.05) is 42.4 Å². The second kappa shape index (κ2) is 11.6. The number of aromatic nitrogens is 4. The maximum atomic E-state index is 6.22. The fraction of sp³-hybridized carbons (Fsp3) is 0. The van der Waals surface area contributed by atoms with Crippen LogP contribution in [0.25, 0.3) is 98.8 Å². The van der Waals surface area contributed by atoms with Crippen molar-refractivity contribution in [1.29, 1.82) is 0 Å². The SMILES string of the molecule is c1ccc(-c2nc(-c3ccc4ccccc4c3)nc(-c3ccccc3-c3ccc4c(c3)sc3ccc5oc(-c6ccccc6)nc5c34)n2)cc1. The molecule has 10 aromatic rings. The Bertz CT molecular complexity index is 2880. The Morgan fingerprint density at radius 2 is 1.08 bits per heavy atom. The van der Waals surface area contributed by atoms with E-state index in [4.69, 9.17) is 24.4 Å². The first-order valence-electron chi connectivity index (χ1n) is 16.5. The molecular weight excluding hydrogens is 633 g/mol. The molecule has 5 nitrogen and oxygen atoms in total. The van der Waals surface area contributed by atoms with Crippen molar-refractivity contribution in [2.45, 2.75) is 0 Å². The highest BCUT2D eigenvalue weighted by atomic mass is 32.1. The summed E-state index contributed by atoms with van der Waals surface area (Å²) in [6.45, 7) is 0. The van der Waals surface area contributed by atoms with Crippen LogP contribution >= 0.6 is 11.3 Å². The fourth-order valence-electron chi connectivity index (χ4n) is 6.72. The summed E-state index contributed by atoms with van der Waals surface area (Å²) in [4.78, 5) is 20.1. The zero-order valence-electron chi connectivity index (χ0n) is 26.6. The maximum absolute atomic E-state index is 6.22. The van der Waals surface area contributed by atoms with E-state index in [9.17, 15) is 0 Å². The van der Waals surface area contributed by atoms with E-state index >= 15 is 0 Å². The van der Waals surface area contributed by atoms with Gasteiger partial charge >= 0.3 is 0 Å². The first-order valence-corrected chi connectivity index (χ1v) is 17.3. The average molecular weight is 659 g/mol. The number of benzene rings is 7. The molecule has 0 fully saturated rings. The van der Waals surface area contributed by atoms with Crippen LogP contribution in [0, 0.1) is 0 Å². The van der Waals surface area contributed by atoms with Crippen LogP contribution in [0.2, 0.25) is 0 Å².